The molecule has 0 saturated carbocycles. The van der Waals surface area contributed by atoms with Gasteiger partial charge in [-0.2, -0.15) is 18.2 Å². The van der Waals surface area contributed by atoms with E-state index >= 15 is 0 Å². The van der Waals surface area contributed by atoms with Gasteiger partial charge in [0.1, 0.15) is 5.52 Å². The van der Waals surface area contributed by atoms with E-state index in [9.17, 15) is 18.3 Å². The predicted molar refractivity (Wildman–Crippen MR) is 99.9 cm³/mol. The number of aliphatic hydroxyl groups excluding tert-OH is 1. The SMILES string of the molecule is CC(C)(CO)Cn1nnc2cc(-c3noc(-c4ccncc4C(F)(F)F)n3)ccc21. The third-order valence-electron chi connectivity index (χ3n) is 4.56. The Balaban J connectivity index is 1.68. The quantitative estimate of drug-likeness (QED) is 0.528. The molecule has 11 heteroatoms. The summed E-state index contributed by atoms with van der Waals surface area (Å²) in [7, 11) is 0. The summed E-state index contributed by atoms with van der Waals surface area (Å²) >= 11 is 0. The van der Waals surface area contributed by atoms with E-state index in [2.05, 4.69) is 25.4 Å². The summed E-state index contributed by atoms with van der Waals surface area (Å²) in [4.78, 5) is 7.64. The first kappa shape index (κ1) is 20.0. The first-order valence-corrected chi connectivity index (χ1v) is 8.98. The fourth-order valence-corrected chi connectivity index (χ4v) is 2.94. The standard InChI is InChI=1S/C19H17F3N6O2/c1-18(2,10-29)9-28-15-4-3-11(7-14(15)25-27-28)16-24-17(30-26-16)12-5-6-23-8-13(12)19(20,21)22/h3-8,29H,9-10H2,1-2H3. The van der Waals surface area contributed by atoms with Crippen LogP contribution in [0.3, 0.4) is 0 Å². The molecule has 156 valence electrons. The Bertz CT molecular complexity index is 1200. The third-order valence-corrected chi connectivity index (χ3v) is 4.56. The molecule has 0 unspecified atom stereocenters. The van der Waals surface area contributed by atoms with E-state index in [0.29, 0.717) is 17.6 Å². The topological polar surface area (TPSA) is 103 Å². The minimum atomic E-state index is -4.60. The molecule has 0 aliphatic rings. The van der Waals surface area contributed by atoms with Gasteiger partial charge in [0.05, 0.1) is 23.2 Å². The van der Waals surface area contributed by atoms with Crippen LogP contribution in [0.25, 0.3) is 33.9 Å². The highest BCUT2D eigenvalue weighted by atomic mass is 19.4. The van der Waals surface area contributed by atoms with Gasteiger partial charge in [-0.25, -0.2) is 4.68 Å². The van der Waals surface area contributed by atoms with Crippen LogP contribution in [0.1, 0.15) is 19.4 Å². The summed E-state index contributed by atoms with van der Waals surface area (Å²) in [5, 5.41) is 21.5. The highest BCUT2D eigenvalue weighted by Gasteiger charge is 2.35. The van der Waals surface area contributed by atoms with Crippen LogP contribution in [0.2, 0.25) is 0 Å². The van der Waals surface area contributed by atoms with Crippen molar-refractivity contribution in [2.45, 2.75) is 26.6 Å². The van der Waals surface area contributed by atoms with Gasteiger partial charge in [0, 0.05) is 30.0 Å². The molecule has 0 saturated heterocycles. The molecule has 8 nitrogen and oxygen atoms in total. The average Bonchev–Trinajstić information content (AvgIpc) is 3.34. The van der Waals surface area contributed by atoms with Crippen LogP contribution < -0.4 is 0 Å². The number of fused-ring (bicyclic) bond motifs is 1. The number of pyridine rings is 1. The Morgan fingerprint density at radius 3 is 2.70 bits per heavy atom. The van der Waals surface area contributed by atoms with E-state index < -0.39 is 11.7 Å². The van der Waals surface area contributed by atoms with Crippen molar-refractivity contribution in [2.24, 2.45) is 5.41 Å². The summed E-state index contributed by atoms with van der Waals surface area (Å²) in [6, 6.07) is 6.33. The lowest BCUT2D eigenvalue weighted by Gasteiger charge is -2.21. The molecule has 0 aliphatic carbocycles. The number of aliphatic hydroxyl groups is 1. The lowest BCUT2D eigenvalue weighted by atomic mass is 9.95. The molecule has 4 rings (SSSR count). The Labute approximate surface area is 168 Å². The number of aromatic nitrogens is 6. The van der Waals surface area contributed by atoms with Crippen LogP contribution in [0, 0.1) is 5.41 Å². The summed E-state index contributed by atoms with van der Waals surface area (Å²) in [6.07, 6.45) is -2.65. The molecule has 0 radical (unpaired) electrons. The van der Waals surface area contributed by atoms with Crippen molar-refractivity contribution < 1.29 is 22.8 Å². The van der Waals surface area contributed by atoms with Crippen LogP contribution in [-0.2, 0) is 12.7 Å². The normalized spacial score (nSPS) is 12.6. The van der Waals surface area contributed by atoms with Gasteiger partial charge in [-0.05, 0) is 24.3 Å². The fourth-order valence-electron chi connectivity index (χ4n) is 2.94. The van der Waals surface area contributed by atoms with Crippen molar-refractivity contribution in [1.82, 2.24) is 30.1 Å². The molecule has 30 heavy (non-hydrogen) atoms. The van der Waals surface area contributed by atoms with Crippen molar-refractivity contribution in [3.05, 3.63) is 42.2 Å². The molecular formula is C19H17F3N6O2. The number of hydrogen-bond donors (Lipinski definition) is 1. The summed E-state index contributed by atoms with van der Waals surface area (Å²) < 4.78 is 46.4. The minimum absolute atomic E-state index is 0.00695. The number of rotatable bonds is 5. The van der Waals surface area contributed by atoms with Crippen molar-refractivity contribution in [1.29, 1.82) is 0 Å². The van der Waals surface area contributed by atoms with Crippen LogP contribution in [0.15, 0.2) is 41.2 Å². The molecule has 0 atom stereocenters. The molecule has 0 amide bonds. The van der Waals surface area contributed by atoms with Gasteiger partial charge in [0.15, 0.2) is 0 Å². The third kappa shape index (κ3) is 3.75. The zero-order chi connectivity index (χ0) is 21.5. The zero-order valence-corrected chi connectivity index (χ0v) is 16.1. The van der Waals surface area contributed by atoms with Crippen molar-refractivity contribution in [2.75, 3.05) is 6.61 Å². The number of alkyl halides is 3. The zero-order valence-electron chi connectivity index (χ0n) is 16.1. The molecule has 1 aromatic carbocycles. The van der Waals surface area contributed by atoms with E-state index in [0.717, 1.165) is 11.7 Å². The van der Waals surface area contributed by atoms with Gasteiger partial charge in [0.25, 0.3) is 5.89 Å². The molecule has 3 heterocycles. The maximum absolute atomic E-state index is 13.2. The molecule has 0 spiro atoms. The highest BCUT2D eigenvalue weighted by molar-refractivity contribution is 5.80. The van der Waals surface area contributed by atoms with Gasteiger partial charge in [-0.3, -0.25) is 4.98 Å². The average molecular weight is 418 g/mol. The molecule has 1 N–H and O–H groups in total. The Morgan fingerprint density at radius 2 is 1.97 bits per heavy atom. The Morgan fingerprint density at radius 1 is 1.17 bits per heavy atom. The van der Waals surface area contributed by atoms with Crippen molar-refractivity contribution >= 4 is 11.0 Å². The molecule has 0 aliphatic heterocycles. The number of halogens is 3. The molecule has 3 aromatic heterocycles. The van der Waals surface area contributed by atoms with Crippen molar-refractivity contribution in [3.8, 4) is 22.8 Å². The van der Waals surface area contributed by atoms with Gasteiger partial charge < -0.3 is 9.63 Å². The van der Waals surface area contributed by atoms with E-state index in [1.54, 1.807) is 22.9 Å². The summed E-state index contributed by atoms with van der Waals surface area (Å²) in [6.45, 7) is 4.27. The second-order valence-electron chi connectivity index (χ2n) is 7.62. The molecule has 0 fully saturated rings. The first-order chi connectivity index (χ1) is 14.2. The number of hydrogen-bond acceptors (Lipinski definition) is 7. The smallest absolute Gasteiger partial charge is 0.396 e. The molecular weight excluding hydrogens is 401 g/mol. The molecule has 0 bridgehead atoms. The predicted octanol–water partition coefficient (Wildman–Crippen LogP) is 3.58. The lowest BCUT2D eigenvalue weighted by Crippen LogP contribution is -2.24. The Hall–Kier alpha value is -3.34. The van der Waals surface area contributed by atoms with E-state index in [-0.39, 0.29) is 29.3 Å². The second-order valence-corrected chi connectivity index (χ2v) is 7.62. The second kappa shape index (κ2) is 7.17. The van der Waals surface area contributed by atoms with Crippen LogP contribution in [0.4, 0.5) is 13.2 Å². The van der Waals surface area contributed by atoms with Crippen molar-refractivity contribution in [3.63, 3.8) is 0 Å². The van der Waals surface area contributed by atoms with E-state index in [1.807, 2.05) is 13.8 Å². The maximum Gasteiger partial charge on any atom is 0.418 e. The van der Waals surface area contributed by atoms with Crippen LogP contribution >= 0.6 is 0 Å². The van der Waals surface area contributed by atoms with E-state index in [1.165, 1.54) is 12.3 Å². The van der Waals surface area contributed by atoms with Gasteiger partial charge in [0.2, 0.25) is 5.82 Å². The minimum Gasteiger partial charge on any atom is -0.396 e. The Kier molecular flexibility index (Phi) is 4.77. The largest absolute Gasteiger partial charge is 0.418 e. The number of benzene rings is 1. The maximum atomic E-state index is 13.2. The lowest BCUT2D eigenvalue weighted by molar-refractivity contribution is -0.137. The van der Waals surface area contributed by atoms with Gasteiger partial charge in [-0.15, -0.1) is 5.10 Å². The highest BCUT2D eigenvalue weighted by Crippen LogP contribution is 2.36. The molecule has 4 aromatic rings. The van der Waals surface area contributed by atoms with Crippen LogP contribution in [-0.4, -0.2) is 41.8 Å². The summed E-state index contributed by atoms with van der Waals surface area (Å²) in [5.41, 5.74) is 0.265. The summed E-state index contributed by atoms with van der Waals surface area (Å²) in [5.74, 6) is -0.129. The monoisotopic (exact) mass is 418 g/mol. The van der Waals surface area contributed by atoms with E-state index in [4.69, 9.17) is 4.52 Å². The van der Waals surface area contributed by atoms with Crippen LogP contribution in [0.5, 0.6) is 0 Å². The first-order valence-electron chi connectivity index (χ1n) is 8.98. The van der Waals surface area contributed by atoms with Gasteiger partial charge in [-0.1, -0.05) is 24.2 Å². The fraction of sp³-hybridized carbons (Fsp3) is 0.316. The number of nitrogens with zero attached hydrogens (tertiary/aromatic N) is 6. The van der Waals surface area contributed by atoms with Gasteiger partial charge >= 0.3 is 6.18 Å².